The van der Waals surface area contributed by atoms with Crippen LogP contribution in [0.4, 0.5) is 0 Å². The van der Waals surface area contributed by atoms with Crippen molar-refractivity contribution in [2.45, 2.75) is 67.3 Å². The maximum absolute atomic E-state index is 9.85. The summed E-state index contributed by atoms with van der Waals surface area (Å²) in [6.45, 7) is -0.704. The Labute approximate surface area is 130 Å². The van der Waals surface area contributed by atoms with Gasteiger partial charge in [0.05, 0.1) is 6.61 Å². The van der Waals surface area contributed by atoms with Crippen molar-refractivity contribution >= 4 is 0 Å². The van der Waals surface area contributed by atoms with Crippen LogP contribution in [0.15, 0.2) is 0 Å². The highest BCUT2D eigenvalue weighted by Gasteiger charge is 2.52. The minimum Gasteiger partial charge on any atom is -0.394 e. The molecule has 1 aliphatic carbocycles. The molecule has 0 spiro atoms. The molecule has 0 amide bonds. The second kappa shape index (κ2) is 7.21. The maximum Gasteiger partial charge on any atom is 0.187 e. The number of hydrogen-bond donors (Lipinski definition) is 9. The first-order chi connectivity index (χ1) is 10.7. The molecule has 0 aromatic rings. The Bertz CT molecular complexity index is 377. The van der Waals surface area contributed by atoms with Gasteiger partial charge in [0, 0.05) is 0 Å². The summed E-state index contributed by atoms with van der Waals surface area (Å²) in [4.78, 5) is 0. The second-order valence-corrected chi connectivity index (χ2v) is 5.75. The summed E-state index contributed by atoms with van der Waals surface area (Å²) in [5.74, 6) is 0. The highest BCUT2D eigenvalue weighted by atomic mass is 16.7. The van der Waals surface area contributed by atoms with E-state index < -0.39 is 73.9 Å². The molecule has 1 saturated heterocycles. The Hall–Kier alpha value is -0.440. The number of rotatable bonds is 3. The van der Waals surface area contributed by atoms with E-state index in [0.29, 0.717) is 0 Å². The van der Waals surface area contributed by atoms with Gasteiger partial charge < -0.3 is 55.4 Å². The van der Waals surface area contributed by atoms with Gasteiger partial charge in [0.15, 0.2) is 6.29 Å². The van der Waals surface area contributed by atoms with Crippen molar-refractivity contribution < 1.29 is 55.4 Å². The van der Waals surface area contributed by atoms with Gasteiger partial charge in [0.1, 0.15) is 61.0 Å². The van der Waals surface area contributed by atoms with Crippen LogP contribution in [0.5, 0.6) is 0 Å². The molecule has 9 N–H and O–H groups in total. The Morgan fingerprint density at radius 1 is 0.609 bits per heavy atom. The summed E-state index contributed by atoms with van der Waals surface area (Å²) >= 11 is 0. The van der Waals surface area contributed by atoms with Crippen molar-refractivity contribution in [3.05, 3.63) is 0 Å². The smallest absolute Gasteiger partial charge is 0.187 e. The van der Waals surface area contributed by atoms with Gasteiger partial charge in [-0.15, -0.1) is 0 Å². The first-order valence-electron chi connectivity index (χ1n) is 7.07. The van der Waals surface area contributed by atoms with Crippen LogP contribution in [-0.4, -0.2) is 120 Å². The molecule has 11 atom stereocenters. The Kier molecular flexibility index (Phi) is 5.92. The Morgan fingerprint density at radius 3 is 1.52 bits per heavy atom. The third kappa shape index (κ3) is 3.36. The van der Waals surface area contributed by atoms with E-state index in [1.165, 1.54) is 0 Å². The first-order valence-corrected chi connectivity index (χ1v) is 7.07. The van der Waals surface area contributed by atoms with E-state index in [2.05, 4.69) is 0 Å². The fraction of sp³-hybridized carbons (Fsp3) is 1.00. The first kappa shape index (κ1) is 18.9. The van der Waals surface area contributed by atoms with Crippen LogP contribution < -0.4 is 0 Å². The maximum atomic E-state index is 9.85. The minimum absolute atomic E-state index is 0.704. The fourth-order valence-corrected chi connectivity index (χ4v) is 2.69. The average molecular weight is 342 g/mol. The predicted molar refractivity (Wildman–Crippen MR) is 68.7 cm³/mol. The molecular formula is C12H22O11. The molecule has 0 aromatic heterocycles. The largest absolute Gasteiger partial charge is 0.394 e. The Balaban J connectivity index is 2.13. The van der Waals surface area contributed by atoms with Crippen molar-refractivity contribution in [1.29, 1.82) is 0 Å². The van der Waals surface area contributed by atoms with Gasteiger partial charge in [0.2, 0.25) is 0 Å². The molecule has 11 nitrogen and oxygen atoms in total. The molecule has 2 unspecified atom stereocenters. The Morgan fingerprint density at radius 2 is 1.04 bits per heavy atom. The zero-order valence-electron chi connectivity index (χ0n) is 11.9. The van der Waals surface area contributed by atoms with Gasteiger partial charge >= 0.3 is 0 Å². The molecule has 0 radical (unpaired) electrons. The van der Waals surface area contributed by atoms with Crippen molar-refractivity contribution in [1.82, 2.24) is 0 Å². The van der Waals surface area contributed by atoms with Crippen LogP contribution in [0.3, 0.4) is 0 Å². The summed E-state index contributed by atoms with van der Waals surface area (Å²) in [7, 11) is 0. The lowest BCUT2D eigenvalue weighted by atomic mass is 9.84. The molecule has 1 aliphatic heterocycles. The highest BCUT2D eigenvalue weighted by Crippen LogP contribution is 2.29. The van der Waals surface area contributed by atoms with Crippen LogP contribution in [0.25, 0.3) is 0 Å². The van der Waals surface area contributed by atoms with E-state index in [4.69, 9.17) is 14.6 Å². The van der Waals surface area contributed by atoms with Gasteiger partial charge in [-0.3, -0.25) is 0 Å². The third-order valence-electron chi connectivity index (χ3n) is 4.21. The van der Waals surface area contributed by atoms with E-state index in [1.807, 2.05) is 0 Å². The standard InChI is InChI=1S/C12H22O11/c13-1-2-3(14)4(15)10(21)12(22-2)23-11-8(19)6(17)5(16)7(18)9(11)20/h2-21H,1H2/t2-,3+,4+,5?,6-,7+,8-,9-,10-,11?,12-/m1/s1. The number of aliphatic hydroxyl groups is 9. The molecule has 0 aromatic carbocycles. The van der Waals surface area contributed by atoms with Crippen LogP contribution >= 0.6 is 0 Å². The lowest BCUT2D eigenvalue weighted by Gasteiger charge is -2.45. The number of ether oxygens (including phenoxy) is 2. The summed E-state index contributed by atoms with van der Waals surface area (Å²) in [5, 5.41) is 86.6. The molecule has 2 rings (SSSR count). The molecule has 2 fully saturated rings. The van der Waals surface area contributed by atoms with Crippen LogP contribution in [0, 0.1) is 0 Å². The molecule has 1 saturated carbocycles. The molecule has 1 heterocycles. The van der Waals surface area contributed by atoms with Crippen LogP contribution in [-0.2, 0) is 9.47 Å². The summed E-state index contributed by atoms with van der Waals surface area (Å²) in [6.07, 6.45) is -18.9. The summed E-state index contributed by atoms with van der Waals surface area (Å²) < 4.78 is 10.2. The molecule has 11 heteroatoms. The SMILES string of the molecule is OC[C@H]1O[C@H](OC2[C@H](O)[C@H](O)C(O)[C@H](O)[C@H]2O)[C@H](O)[C@@H](O)[C@H]1O. The quantitative estimate of drug-likeness (QED) is 0.236. The fourth-order valence-electron chi connectivity index (χ4n) is 2.69. The zero-order chi connectivity index (χ0) is 17.5. The van der Waals surface area contributed by atoms with E-state index in [1.54, 1.807) is 0 Å². The second-order valence-electron chi connectivity index (χ2n) is 5.75. The van der Waals surface area contributed by atoms with Crippen molar-refractivity contribution in [2.75, 3.05) is 6.61 Å². The normalized spacial score (nSPS) is 54.9. The molecular weight excluding hydrogens is 320 g/mol. The number of aliphatic hydroxyl groups excluding tert-OH is 9. The number of hydrogen-bond acceptors (Lipinski definition) is 11. The molecule has 136 valence electrons. The van der Waals surface area contributed by atoms with E-state index in [-0.39, 0.29) is 0 Å². The van der Waals surface area contributed by atoms with E-state index in [9.17, 15) is 40.9 Å². The van der Waals surface area contributed by atoms with Gasteiger partial charge in [-0.25, -0.2) is 0 Å². The van der Waals surface area contributed by atoms with Crippen LogP contribution in [0.1, 0.15) is 0 Å². The van der Waals surface area contributed by atoms with Crippen molar-refractivity contribution in [2.24, 2.45) is 0 Å². The predicted octanol–water partition coefficient (Wildman–Crippen LogP) is -6.01. The summed E-state index contributed by atoms with van der Waals surface area (Å²) in [6, 6.07) is 0. The molecule has 2 aliphatic rings. The van der Waals surface area contributed by atoms with Gasteiger partial charge in [0.25, 0.3) is 0 Å². The van der Waals surface area contributed by atoms with Gasteiger partial charge in [-0.1, -0.05) is 0 Å². The average Bonchev–Trinajstić information content (AvgIpc) is 2.54. The van der Waals surface area contributed by atoms with Gasteiger partial charge in [-0.05, 0) is 0 Å². The van der Waals surface area contributed by atoms with E-state index in [0.717, 1.165) is 0 Å². The topological polar surface area (TPSA) is 201 Å². The van der Waals surface area contributed by atoms with Crippen LogP contribution in [0.2, 0.25) is 0 Å². The lowest BCUT2D eigenvalue weighted by molar-refractivity contribution is -0.339. The van der Waals surface area contributed by atoms with Crippen molar-refractivity contribution in [3.63, 3.8) is 0 Å². The summed E-state index contributed by atoms with van der Waals surface area (Å²) in [5.41, 5.74) is 0. The van der Waals surface area contributed by atoms with Crippen molar-refractivity contribution in [3.8, 4) is 0 Å². The zero-order valence-corrected chi connectivity index (χ0v) is 11.9. The monoisotopic (exact) mass is 342 g/mol. The minimum atomic E-state index is -1.83. The van der Waals surface area contributed by atoms with E-state index >= 15 is 0 Å². The highest BCUT2D eigenvalue weighted by molar-refractivity contribution is 5.00. The molecule has 23 heavy (non-hydrogen) atoms. The van der Waals surface area contributed by atoms with Gasteiger partial charge in [-0.2, -0.15) is 0 Å². The third-order valence-corrected chi connectivity index (χ3v) is 4.21. The molecule has 0 bridgehead atoms. The lowest BCUT2D eigenvalue weighted by Crippen LogP contribution is -2.67.